The summed E-state index contributed by atoms with van der Waals surface area (Å²) in [4.78, 5) is 16.9. The van der Waals surface area contributed by atoms with Crippen molar-refractivity contribution in [1.29, 1.82) is 0 Å². The van der Waals surface area contributed by atoms with E-state index in [1.54, 1.807) is 11.3 Å². The number of nitrogens with zero attached hydrogens (tertiary/aromatic N) is 2. The van der Waals surface area contributed by atoms with E-state index in [1.807, 2.05) is 18.2 Å². The molecule has 106 valence electrons. The number of halogens is 2. The van der Waals surface area contributed by atoms with Gasteiger partial charge in [-0.3, -0.25) is 4.79 Å². The molecule has 0 bridgehead atoms. The smallest absolute Gasteiger partial charge is 0.253 e. The van der Waals surface area contributed by atoms with E-state index in [2.05, 4.69) is 47.8 Å². The predicted octanol–water partition coefficient (Wildman–Crippen LogP) is 4.03. The summed E-state index contributed by atoms with van der Waals surface area (Å²) in [6, 6.07) is 7.73. The van der Waals surface area contributed by atoms with E-state index in [-0.39, 0.29) is 5.91 Å². The molecule has 0 atom stereocenters. The Morgan fingerprint density at radius 2 is 2.14 bits per heavy atom. The number of aromatic nitrogens is 2. The van der Waals surface area contributed by atoms with Crippen LogP contribution in [0.1, 0.15) is 10.4 Å². The largest absolute Gasteiger partial charge is 0.350 e. The molecule has 1 aliphatic rings. The Labute approximate surface area is 141 Å². The van der Waals surface area contributed by atoms with Crippen LogP contribution < -0.4 is 5.32 Å². The van der Waals surface area contributed by atoms with Crippen LogP contribution in [0.15, 0.2) is 31.8 Å². The van der Waals surface area contributed by atoms with Crippen LogP contribution >= 0.6 is 43.2 Å². The molecule has 1 amide bonds. The number of carbonyl (C=O) groups excluding carboxylic acids is 1. The van der Waals surface area contributed by atoms with Gasteiger partial charge in [-0.15, -0.1) is 11.3 Å². The number of thiophene rings is 1. The SMILES string of the molecule is O=C1NCCn2c(-c3cc(Br)sc3Br)nc3cccc1c32. The van der Waals surface area contributed by atoms with Crippen molar-refractivity contribution < 1.29 is 4.79 Å². The number of rotatable bonds is 1. The molecule has 7 heteroatoms. The van der Waals surface area contributed by atoms with Gasteiger partial charge in [0.15, 0.2) is 0 Å². The standard InChI is InChI=1S/C14H9Br2N3OS/c15-10-6-8(12(16)21-10)13-18-9-3-1-2-7-11(9)19(13)5-4-17-14(7)20/h1-3,6H,4-5H2,(H,17,20). The van der Waals surface area contributed by atoms with Gasteiger partial charge in [-0.05, 0) is 50.1 Å². The van der Waals surface area contributed by atoms with E-state index in [0.29, 0.717) is 18.7 Å². The minimum absolute atomic E-state index is 0.0311. The molecule has 3 heterocycles. The van der Waals surface area contributed by atoms with Crippen molar-refractivity contribution in [1.82, 2.24) is 14.9 Å². The van der Waals surface area contributed by atoms with E-state index >= 15 is 0 Å². The van der Waals surface area contributed by atoms with Crippen molar-refractivity contribution in [3.63, 3.8) is 0 Å². The number of para-hydroxylation sites is 1. The van der Waals surface area contributed by atoms with Crippen LogP contribution in [0.3, 0.4) is 0 Å². The Morgan fingerprint density at radius 1 is 1.29 bits per heavy atom. The number of carbonyl (C=O) groups is 1. The second-order valence-corrected chi connectivity index (χ2v) is 8.50. The Bertz CT molecular complexity index is 884. The molecule has 0 aliphatic carbocycles. The van der Waals surface area contributed by atoms with E-state index in [9.17, 15) is 4.79 Å². The van der Waals surface area contributed by atoms with E-state index in [1.165, 1.54) is 0 Å². The fourth-order valence-electron chi connectivity index (χ4n) is 2.66. The summed E-state index contributed by atoms with van der Waals surface area (Å²) in [6.07, 6.45) is 0. The van der Waals surface area contributed by atoms with Gasteiger partial charge in [-0.25, -0.2) is 4.98 Å². The zero-order valence-corrected chi connectivity index (χ0v) is 14.7. The van der Waals surface area contributed by atoms with E-state index in [0.717, 1.165) is 30.0 Å². The highest BCUT2D eigenvalue weighted by Crippen LogP contribution is 2.39. The fourth-order valence-corrected chi connectivity index (χ4v) is 5.45. The lowest BCUT2D eigenvalue weighted by molar-refractivity contribution is 0.0956. The summed E-state index contributed by atoms with van der Waals surface area (Å²) in [5.74, 6) is 0.860. The topological polar surface area (TPSA) is 46.9 Å². The first-order chi connectivity index (χ1) is 10.1. The highest BCUT2D eigenvalue weighted by molar-refractivity contribution is 9.12. The Hall–Kier alpha value is -1.18. The Kier molecular flexibility index (Phi) is 3.16. The van der Waals surface area contributed by atoms with Crippen molar-refractivity contribution in [2.24, 2.45) is 0 Å². The number of benzene rings is 1. The molecule has 0 unspecified atom stereocenters. The van der Waals surface area contributed by atoms with Gasteiger partial charge >= 0.3 is 0 Å². The van der Waals surface area contributed by atoms with Crippen LogP contribution in [-0.4, -0.2) is 22.0 Å². The molecule has 2 aromatic heterocycles. The quantitative estimate of drug-likeness (QED) is 0.638. The van der Waals surface area contributed by atoms with E-state index in [4.69, 9.17) is 4.98 Å². The van der Waals surface area contributed by atoms with E-state index < -0.39 is 0 Å². The number of hydrogen-bond acceptors (Lipinski definition) is 3. The third-order valence-corrected chi connectivity index (χ3v) is 5.87. The van der Waals surface area contributed by atoms with Crippen molar-refractivity contribution in [2.75, 3.05) is 6.54 Å². The summed E-state index contributed by atoms with van der Waals surface area (Å²) in [6.45, 7) is 1.32. The third kappa shape index (κ3) is 2.06. The van der Waals surface area contributed by atoms with Gasteiger partial charge in [0.05, 0.1) is 24.2 Å². The maximum absolute atomic E-state index is 12.1. The minimum atomic E-state index is -0.0311. The van der Waals surface area contributed by atoms with Gasteiger partial charge in [-0.2, -0.15) is 0 Å². The zero-order chi connectivity index (χ0) is 14.6. The van der Waals surface area contributed by atoms with Crippen molar-refractivity contribution in [3.8, 4) is 11.4 Å². The average molecular weight is 427 g/mol. The van der Waals surface area contributed by atoms with Gasteiger partial charge in [0.2, 0.25) is 0 Å². The molecular formula is C14H9Br2N3OS. The molecule has 0 radical (unpaired) electrons. The zero-order valence-electron chi connectivity index (χ0n) is 10.7. The van der Waals surface area contributed by atoms with Gasteiger partial charge in [0.1, 0.15) is 5.82 Å². The fraction of sp³-hybridized carbons (Fsp3) is 0.143. The van der Waals surface area contributed by atoms with Crippen molar-refractivity contribution >= 4 is 60.1 Å². The van der Waals surface area contributed by atoms with Crippen LogP contribution in [0.2, 0.25) is 0 Å². The normalized spacial score (nSPS) is 14.3. The molecule has 1 aromatic carbocycles. The molecule has 3 aromatic rings. The highest BCUT2D eigenvalue weighted by atomic mass is 79.9. The molecule has 21 heavy (non-hydrogen) atoms. The lowest BCUT2D eigenvalue weighted by Gasteiger charge is -2.06. The summed E-state index contributed by atoms with van der Waals surface area (Å²) in [7, 11) is 0. The molecule has 0 saturated heterocycles. The van der Waals surface area contributed by atoms with Crippen molar-refractivity contribution in [3.05, 3.63) is 37.4 Å². The van der Waals surface area contributed by atoms with Gasteiger partial charge in [0, 0.05) is 18.7 Å². The molecule has 1 N–H and O–H groups in total. The lowest BCUT2D eigenvalue weighted by Crippen LogP contribution is -2.24. The Balaban J connectivity index is 2.07. The summed E-state index contributed by atoms with van der Waals surface area (Å²) in [5.41, 5.74) is 3.50. The molecule has 0 spiro atoms. The monoisotopic (exact) mass is 425 g/mol. The number of amides is 1. The molecule has 4 nitrogen and oxygen atoms in total. The van der Waals surface area contributed by atoms with Crippen LogP contribution in [0.4, 0.5) is 0 Å². The molecule has 0 saturated carbocycles. The first-order valence-electron chi connectivity index (χ1n) is 6.38. The van der Waals surface area contributed by atoms with Crippen molar-refractivity contribution in [2.45, 2.75) is 6.54 Å². The van der Waals surface area contributed by atoms with Gasteiger partial charge in [0.25, 0.3) is 5.91 Å². The first kappa shape index (κ1) is 13.5. The number of hydrogen-bond donors (Lipinski definition) is 1. The average Bonchev–Trinajstić information content (AvgIpc) is 2.92. The molecular weight excluding hydrogens is 418 g/mol. The number of imidazole rings is 1. The first-order valence-corrected chi connectivity index (χ1v) is 8.78. The van der Waals surface area contributed by atoms with Crippen LogP contribution in [0, 0.1) is 0 Å². The molecule has 0 fully saturated rings. The predicted molar refractivity (Wildman–Crippen MR) is 90.8 cm³/mol. The summed E-state index contributed by atoms with van der Waals surface area (Å²) < 4.78 is 4.21. The number of nitrogens with one attached hydrogen (secondary N) is 1. The second-order valence-electron chi connectivity index (χ2n) is 4.75. The molecule has 1 aliphatic heterocycles. The van der Waals surface area contributed by atoms with Crippen LogP contribution in [-0.2, 0) is 6.54 Å². The van der Waals surface area contributed by atoms with Crippen LogP contribution in [0.5, 0.6) is 0 Å². The lowest BCUT2D eigenvalue weighted by atomic mass is 10.2. The van der Waals surface area contributed by atoms with Gasteiger partial charge < -0.3 is 9.88 Å². The summed E-state index contributed by atoms with van der Waals surface area (Å²) in [5, 5.41) is 2.93. The Morgan fingerprint density at radius 3 is 2.90 bits per heavy atom. The van der Waals surface area contributed by atoms with Crippen LogP contribution in [0.25, 0.3) is 22.4 Å². The second kappa shape index (κ2) is 4.93. The maximum Gasteiger partial charge on any atom is 0.253 e. The molecule has 4 rings (SSSR count). The summed E-state index contributed by atoms with van der Waals surface area (Å²) >= 11 is 8.72. The highest BCUT2D eigenvalue weighted by Gasteiger charge is 2.23. The third-order valence-electron chi connectivity index (χ3n) is 3.53. The van der Waals surface area contributed by atoms with Gasteiger partial charge in [-0.1, -0.05) is 6.07 Å². The minimum Gasteiger partial charge on any atom is -0.350 e. The maximum atomic E-state index is 12.1.